The second-order valence-electron chi connectivity index (χ2n) is 5.56. The summed E-state index contributed by atoms with van der Waals surface area (Å²) in [7, 11) is 0. The Morgan fingerprint density at radius 1 is 1.25 bits per heavy atom. The van der Waals surface area contributed by atoms with Crippen molar-refractivity contribution in [1.82, 2.24) is 15.5 Å². The van der Waals surface area contributed by atoms with Crippen molar-refractivity contribution in [2.75, 3.05) is 6.54 Å². The third kappa shape index (κ3) is 2.61. The van der Waals surface area contributed by atoms with Gasteiger partial charge < -0.3 is 9.84 Å². The van der Waals surface area contributed by atoms with Gasteiger partial charge >= 0.3 is 0 Å². The SMILES string of the molecule is CC(C)(C)c1noc(C2CCCCCN2)n1. The number of aromatic nitrogens is 2. The standard InChI is InChI=1S/C12H21N3O/c1-12(2,3)11-14-10(16-15-11)9-7-5-4-6-8-13-9/h9,13H,4-8H2,1-3H3. The second-order valence-corrected chi connectivity index (χ2v) is 5.56. The van der Waals surface area contributed by atoms with Crippen molar-refractivity contribution in [1.29, 1.82) is 0 Å². The molecule has 0 aromatic carbocycles. The highest BCUT2D eigenvalue weighted by Gasteiger charge is 2.25. The predicted octanol–water partition coefficient (Wildman–Crippen LogP) is 2.57. The highest BCUT2D eigenvalue weighted by Crippen LogP contribution is 2.24. The third-order valence-corrected chi connectivity index (χ3v) is 2.97. The molecular weight excluding hydrogens is 202 g/mol. The van der Waals surface area contributed by atoms with Gasteiger partial charge in [0.1, 0.15) is 0 Å². The number of rotatable bonds is 1. The lowest BCUT2D eigenvalue weighted by Gasteiger charge is -2.12. The molecule has 1 fully saturated rings. The summed E-state index contributed by atoms with van der Waals surface area (Å²) in [6.07, 6.45) is 4.89. The smallest absolute Gasteiger partial charge is 0.243 e. The van der Waals surface area contributed by atoms with Crippen LogP contribution in [-0.2, 0) is 5.41 Å². The third-order valence-electron chi connectivity index (χ3n) is 2.97. The number of hydrogen-bond donors (Lipinski definition) is 1. The van der Waals surface area contributed by atoms with Gasteiger partial charge in [-0.05, 0) is 19.4 Å². The molecule has 1 aliphatic rings. The Morgan fingerprint density at radius 2 is 2.06 bits per heavy atom. The molecule has 1 N–H and O–H groups in total. The van der Waals surface area contributed by atoms with Crippen LogP contribution in [0.2, 0.25) is 0 Å². The van der Waals surface area contributed by atoms with Crippen molar-refractivity contribution < 1.29 is 4.52 Å². The van der Waals surface area contributed by atoms with Crippen LogP contribution >= 0.6 is 0 Å². The summed E-state index contributed by atoms with van der Waals surface area (Å²) >= 11 is 0. The van der Waals surface area contributed by atoms with Gasteiger partial charge in [0.15, 0.2) is 5.82 Å². The lowest BCUT2D eigenvalue weighted by atomic mass is 9.96. The van der Waals surface area contributed by atoms with E-state index in [9.17, 15) is 0 Å². The van der Waals surface area contributed by atoms with Crippen molar-refractivity contribution >= 4 is 0 Å². The first kappa shape index (κ1) is 11.6. The zero-order valence-corrected chi connectivity index (χ0v) is 10.4. The highest BCUT2D eigenvalue weighted by atomic mass is 16.5. The maximum absolute atomic E-state index is 5.36. The van der Waals surface area contributed by atoms with E-state index in [1.54, 1.807) is 0 Å². The van der Waals surface area contributed by atoms with E-state index in [1.807, 2.05) is 0 Å². The van der Waals surface area contributed by atoms with E-state index < -0.39 is 0 Å². The molecule has 1 unspecified atom stereocenters. The van der Waals surface area contributed by atoms with E-state index in [1.165, 1.54) is 19.3 Å². The summed E-state index contributed by atoms with van der Waals surface area (Å²) in [4.78, 5) is 4.51. The van der Waals surface area contributed by atoms with Gasteiger partial charge in [0.05, 0.1) is 6.04 Å². The van der Waals surface area contributed by atoms with Crippen molar-refractivity contribution in [3.8, 4) is 0 Å². The normalized spacial score (nSPS) is 23.1. The van der Waals surface area contributed by atoms with Crippen molar-refractivity contribution in [3.63, 3.8) is 0 Å². The van der Waals surface area contributed by atoms with Crippen LogP contribution in [0.5, 0.6) is 0 Å². The number of hydrogen-bond acceptors (Lipinski definition) is 4. The minimum Gasteiger partial charge on any atom is -0.338 e. The Hall–Kier alpha value is -0.900. The van der Waals surface area contributed by atoms with E-state index >= 15 is 0 Å². The van der Waals surface area contributed by atoms with Gasteiger partial charge in [-0.2, -0.15) is 4.98 Å². The van der Waals surface area contributed by atoms with E-state index in [0.29, 0.717) is 0 Å². The molecule has 2 rings (SSSR count). The average molecular weight is 223 g/mol. The second kappa shape index (κ2) is 4.53. The molecular formula is C12H21N3O. The fourth-order valence-electron chi connectivity index (χ4n) is 1.92. The van der Waals surface area contributed by atoms with Crippen LogP contribution in [0.15, 0.2) is 4.52 Å². The Labute approximate surface area is 96.8 Å². The zero-order chi connectivity index (χ0) is 11.6. The summed E-state index contributed by atoms with van der Waals surface area (Å²) in [5.74, 6) is 1.56. The van der Waals surface area contributed by atoms with E-state index in [-0.39, 0.29) is 11.5 Å². The Bertz CT molecular complexity index is 332. The summed E-state index contributed by atoms with van der Waals surface area (Å²) in [5.41, 5.74) is -0.0352. The fraction of sp³-hybridized carbons (Fsp3) is 0.833. The van der Waals surface area contributed by atoms with Crippen LogP contribution in [0.3, 0.4) is 0 Å². The fourth-order valence-corrected chi connectivity index (χ4v) is 1.92. The minimum atomic E-state index is -0.0352. The van der Waals surface area contributed by atoms with E-state index in [2.05, 4.69) is 36.2 Å². The lowest BCUT2D eigenvalue weighted by Crippen LogP contribution is -2.21. The maximum Gasteiger partial charge on any atom is 0.243 e. The minimum absolute atomic E-state index is 0.0352. The van der Waals surface area contributed by atoms with Crippen LogP contribution in [-0.4, -0.2) is 16.7 Å². The monoisotopic (exact) mass is 223 g/mol. The van der Waals surface area contributed by atoms with Gasteiger partial charge in [0.25, 0.3) is 0 Å². The number of nitrogens with one attached hydrogen (secondary N) is 1. The maximum atomic E-state index is 5.36. The van der Waals surface area contributed by atoms with Gasteiger partial charge in [-0.25, -0.2) is 0 Å². The Balaban J connectivity index is 2.11. The Kier molecular flexibility index (Phi) is 3.28. The predicted molar refractivity (Wildman–Crippen MR) is 62.2 cm³/mol. The molecule has 1 atom stereocenters. The summed E-state index contributed by atoms with van der Waals surface area (Å²) in [6, 6.07) is 0.256. The lowest BCUT2D eigenvalue weighted by molar-refractivity contribution is 0.320. The molecule has 0 radical (unpaired) electrons. The molecule has 1 aliphatic heterocycles. The highest BCUT2D eigenvalue weighted by molar-refractivity contribution is 5.02. The molecule has 2 heterocycles. The van der Waals surface area contributed by atoms with Crippen molar-refractivity contribution in [2.24, 2.45) is 0 Å². The first-order valence-corrected chi connectivity index (χ1v) is 6.15. The molecule has 4 nitrogen and oxygen atoms in total. The molecule has 1 aromatic heterocycles. The molecule has 4 heteroatoms. The van der Waals surface area contributed by atoms with Crippen molar-refractivity contribution in [3.05, 3.63) is 11.7 Å². The van der Waals surface area contributed by atoms with Crippen LogP contribution in [0, 0.1) is 0 Å². The van der Waals surface area contributed by atoms with Gasteiger partial charge in [-0.1, -0.05) is 38.8 Å². The molecule has 0 bridgehead atoms. The van der Waals surface area contributed by atoms with E-state index in [0.717, 1.165) is 24.7 Å². The van der Waals surface area contributed by atoms with Crippen molar-refractivity contribution in [2.45, 2.75) is 57.9 Å². The Morgan fingerprint density at radius 3 is 2.75 bits per heavy atom. The largest absolute Gasteiger partial charge is 0.338 e. The summed E-state index contributed by atoms with van der Waals surface area (Å²) in [6.45, 7) is 7.35. The van der Waals surface area contributed by atoms with Gasteiger partial charge in [0, 0.05) is 5.41 Å². The zero-order valence-electron chi connectivity index (χ0n) is 10.4. The van der Waals surface area contributed by atoms with Gasteiger partial charge in [-0.15, -0.1) is 0 Å². The van der Waals surface area contributed by atoms with Crippen LogP contribution in [0.4, 0.5) is 0 Å². The first-order valence-electron chi connectivity index (χ1n) is 6.15. The number of nitrogens with zero attached hydrogens (tertiary/aromatic N) is 2. The van der Waals surface area contributed by atoms with Crippen LogP contribution in [0.25, 0.3) is 0 Å². The average Bonchev–Trinajstić information content (AvgIpc) is 2.55. The first-order chi connectivity index (χ1) is 7.57. The molecule has 0 saturated carbocycles. The summed E-state index contributed by atoms with van der Waals surface area (Å²) < 4.78 is 5.36. The molecule has 0 aliphatic carbocycles. The molecule has 1 saturated heterocycles. The van der Waals surface area contributed by atoms with Gasteiger partial charge in [-0.3, -0.25) is 0 Å². The van der Waals surface area contributed by atoms with Gasteiger partial charge in [0.2, 0.25) is 5.89 Å². The molecule has 90 valence electrons. The molecule has 1 aromatic rings. The topological polar surface area (TPSA) is 51.0 Å². The molecule has 16 heavy (non-hydrogen) atoms. The van der Waals surface area contributed by atoms with E-state index in [4.69, 9.17) is 4.52 Å². The molecule has 0 spiro atoms. The quantitative estimate of drug-likeness (QED) is 0.795. The summed E-state index contributed by atoms with van der Waals surface area (Å²) in [5, 5.41) is 7.53. The molecule has 0 amide bonds. The van der Waals surface area contributed by atoms with Crippen LogP contribution in [0.1, 0.15) is 64.2 Å². The van der Waals surface area contributed by atoms with Crippen LogP contribution < -0.4 is 5.32 Å².